The predicted octanol–water partition coefficient (Wildman–Crippen LogP) is 2.17. The molecule has 0 radical (unpaired) electrons. The Balaban J connectivity index is 2.26. The predicted molar refractivity (Wildman–Crippen MR) is 76.7 cm³/mol. The lowest BCUT2D eigenvalue weighted by molar-refractivity contribution is 0.129. The highest BCUT2D eigenvalue weighted by molar-refractivity contribution is 7.92. The van der Waals surface area contributed by atoms with Crippen LogP contribution >= 0.6 is 0 Å². The minimum Gasteiger partial charge on any atom is -0.486 e. The van der Waals surface area contributed by atoms with E-state index in [4.69, 9.17) is 9.47 Å². The van der Waals surface area contributed by atoms with Crippen molar-refractivity contribution in [2.24, 2.45) is 0 Å². The standard InChI is InChI=1S/C13H20N2O4S/c1-13(2,3)19-10-7-11(18-9-5-6-9)12(14-8-10)15-20(4,16)17/h7-9H,5-6H2,1-4H3,(H,14,15). The molecule has 1 heterocycles. The third-order valence-electron chi connectivity index (χ3n) is 2.35. The highest BCUT2D eigenvalue weighted by atomic mass is 32.2. The Labute approximate surface area is 119 Å². The highest BCUT2D eigenvalue weighted by Crippen LogP contribution is 2.34. The number of hydrogen-bond donors (Lipinski definition) is 1. The summed E-state index contributed by atoms with van der Waals surface area (Å²) >= 11 is 0. The molecule has 0 bridgehead atoms. The zero-order chi connectivity index (χ0) is 15.0. The molecule has 1 aliphatic rings. The van der Waals surface area contributed by atoms with Crippen molar-refractivity contribution in [3.05, 3.63) is 12.3 Å². The number of sulfonamides is 1. The average molecular weight is 300 g/mol. The number of nitrogens with one attached hydrogen (secondary N) is 1. The van der Waals surface area contributed by atoms with E-state index in [1.54, 1.807) is 6.07 Å². The quantitative estimate of drug-likeness (QED) is 0.901. The Morgan fingerprint density at radius 1 is 1.35 bits per heavy atom. The second-order valence-electron chi connectivity index (χ2n) is 5.92. The molecule has 1 aliphatic carbocycles. The smallest absolute Gasteiger partial charge is 0.231 e. The fourth-order valence-electron chi connectivity index (χ4n) is 1.54. The summed E-state index contributed by atoms with van der Waals surface area (Å²) in [5, 5.41) is 0. The Morgan fingerprint density at radius 3 is 2.50 bits per heavy atom. The first-order valence-corrected chi connectivity index (χ1v) is 8.35. The third kappa shape index (κ3) is 4.88. The highest BCUT2D eigenvalue weighted by Gasteiger charge is 2.26. The largest absolute Gasteiger partial charge is 0.486 e. The van der Waals surface area contributed by atoms with E-state index in [-0.39, 0.29) is 17.5 Å². The van der Waals surface area contributed by atoms with Crippen LogP contribution in [0.2, 0.25) is 0 Å². The van der Waals surface area contributed by atoms with Gasteiger partial charge >= 0.3 is 0 Å². The minimum atomic E-state index is -3.40. The molecular weight excluding hydrogens is 280 g/mol. The van der Waals surface area contributed by atoms with Crippen molar-refractivity contribution in [1.82, 2.24) is 4.98 Å². The fraction of sp³-hybridized carbons (Fsp3) is 0.615. The van der Waals surface area contributed by atoms with Crippen LogP contribution in [-0.4, -0.2) is 31.4 Å². The maximum absolute atomic E-state index is 11.3. The number of rotatable bonds is 5. The third-order valence-corrected chi connectivity index (χ3v) is 2.92. The van der Waals surface area contributed by atoms with Gasteiger partial charge < -0.3 is 9.47 Å². The molecule has 1 N–H and O–H groups in total. The van der Waals surface area contributed by atoms with E-state index in [9.17, 15) is 8.42 Å². The van der Waals surface area contributed by atoms with Gasteiger partial charge in [0.15, 0.2) is 11.6 Å². The van der Waals surface area contributed by atoms with Crippen molar-refractivity contribution >= 4 is 15.8 Å². The van der Waals surface area contributed by atoms with Gasteiger partial charge in [0.05, 0.1) is 18.6 Å². The second-order valence-corrected chi connectivity index (χ2v) is 7.67. The van der Waals surface area contributed by atoms with Gasteiger partial charge in [-0.2, -0.15) is 0 Å². The Bertz CT molecular complexity index is 589. The van der Waals surface area contributed by atoms with Gasteiger partial charge in [0.1, 0.15) is 11.4 Å². The van der Waals surface area contributed by atoms with Crippen LogP contribution in [0.1, 0.15) is 33.6 Å². The SMILES string of the molecule is CC(C)(C)Oc1cnc(NS(C)(=O)=O)c(OC2CC2)c1. The van der Waals surface area contributed by atoms with Gasteiger partial charge in [0.2, 0.25) is 10.0 Å². The number of hydrogen-bond acceptors (Lipinski definition) is 5. The minimum absolute atomic E-state index is 0.141. The number of ether oxygens (including phenoxy) is 2. The zero-order valence-electron chi connectivity index (χ0n) is 12.1. The molecule has 0 aliphatic heterocycles. The molecule has 0 aromatic carbocycles. The van der Waals surface area contributed by atoms with E-state index in [0.29, 0.717) is 11.5 Å². The van der Waals surface area contributed by atoms with E-state index in [1.807, 2.05) is 20.8 Å². The first kappa shape index (κ1) is 14.9. The van der Waals surface area contributed by atoms with Crippen molar-refractivity contribution in [3.8, 4) is 11.5 Å². The van der Waals surface area contributed by atoms with Gasteiger partial charge in [-0.05, 0) is 33.6 Å². The van der Waals surface area contributed by atoms with E-state index in [0.717, 1.165) is 19.1 Å². The Kier molecular flexibility index (Phi) is 3.82. The summed E-state index contributed by atoms with van der Waals surface area (Å²) < 4.78 is 36.4. The first-order valence-electron chi connectivity index (χ1n) is 6.46. The maximum Gasteiger partial charge on any atom is 0.231 e. The van der Waals surface area contributed by atoms with Crippen LogP contribution in [0, 0.1) is 0 Å². The van der Waals surface area contributed by atoms with Crippen LogP contribution in [0.5, 0.6) is 11.5 Å². The number of nitrogens with zero attached hydrogens (tertiary/aromatic N) is 1. The number of aromatic nitrogens is 1. The normalized spacial score (nSPS) is 15.8. The number of anilines is 1. The van der Waals surface area contributed by atoms with Gasteiger partial charge in [0.25, 0.3) is 0 Å². The summed E-state index contributed by atoms with van der Waals surface area (Å²) in [7, 11) is -3.40. The molecule has 6 nitrogen and oxygen atoms in total. The molecule has 0 atom stereocenters. The lowest BCUT2D eigenvalue weighted by Gasteiger charge is -2.22. The summed E-state index contributed by atoms with van der Waals surface area (Å²) in [4.78, 5) is 4.09. The van der Waals surface area contributed by atoms with Crippen LogP contribution in [0.3, 0.4) is 0 Å². The van der Waals surface area contributed by atoms with Gasteiger partial charge in [-0.1, -0.05) is 0 Å². The molecule has 0 amide bonds. The summed E-state index contributed by atoms with van der Waals surface area (Å²) in [5.74, 6) is 1.15. The molecule has 0 saturated heterocycles. The zero-order valence-corrected chi connectivity index (χ0v) is 13.0. The van der Waals surface area contributed by atoms with Gasteiger partial charge in [-0.3, -0.25) is 4.72 Å². The molecule has 1 aromatic heterocycles. The first-order chi connectivity index (χ1) is 9.12. The molecule has 20 heavy (non-hydrogen) atoms. The molecule has 0 unspecified atom stereocenters. The molecule has 112 valence electrons. The van der Waals surface area contributed by atoms with Crippen molar-refractivity contribution < 1.29 is 17.9 Å². The summed E-state index contributed by atoms with van der Waals surface area (Å²) in [6.45, 7) is 5.78. The van der Waals surface area contributed by atoms with Crippen LogP contribution in [0.4, 0.5) is 5.82 Å². The Hall–Kier alpha value is -1.50. The summed E-state index contributed by atoms with van der Waals surface area (Å²) in [6.07, 6.45) is 4.65. The summed E-state index contributed by atoms with van der Waals surface area (Å²) in [5.41, 5.74) is -0.357. The summed E-state index contributed by atoms with van der Waals surface area (Å²) in [6, 6.07) is 1.67. The lowest BCUT2D eigenvalue weighted by Crippen LogP contribution is -2.23. The molecular formula is C13H20N2O4S. The van der Waals surface area contributed by atoms with Crippen LogP contribution in [0.25, 0.3) is 0 Å². The lowest BCUT2D eigenvalue weighted by atomic mass is 10.2. The molecule has 1 fully saturated rings. The Morgan fingerprint density at radius 2 is 2.00 bits per heavy atom. The van der Waals surface area contributed by atoms with E-state index < -0.39 is 10.0 Å². The second kappa shape index (κ2) is 5.12. The van der Waals surface area contributed by atoms with Crippen molar-refractivity contribution in [2.75, 3.05) is 11.0 Å². The van der Waals surface area contributed by atoms with Crippen LogP contribution in [-0.2, 0) is 10.0 Å². The van der Waals surface area contributed by atoms with Crippen molar-refractivity contribution in [2.45, 2.75) is 45.3 Å². The van der Waals surface area contributed by atoms with E-state index in [2.05, 4.69) is 9.71 Å². The average Bonchev–Trinajstić information content (AvgIpc) is 3.01. The molecule has 1 aromatic rings. The fourth-order valence-corrected chi connectivity index (χ4v) is 2.05. The molecule has 7 heteroatoms. The monoisotopic (exact) mass is 300 g/mol. The molecule has 0 spiro atoms. The van der Waals surface area contributed by atoms with E-state index in [1.165, 1.54) is 6.20 Å². The van der Waals surface area contributed by atoms with Gasteiger partial charge in [-0.25, -0.2) is 13.4 Å². The topological polar surface area (TPSA) is 77.5 Å². The van der Waals surface area contributed by atoms with Crippen LogP contribution < -0.4 is 14.2 Å². The van der Waals surface area contributed by atoms with Crippen LogP contribution in [0.15, 0.2) is 12.3 Å². The van der Waals surface area contributed by atoms with Crippen molar-refractivity contribution in [1.29, 1.82) is 0 Å². The van der Waals surface area contributed by atoms with Gasteiger partial charge in [-0.15, -0.1) is 0 Å². The van der Waals surface area contributed by atoms with E-state index >= 15 is 0 Å². The molecule has 1 saturated carbocycles. The maximum atomic E-state index is 11.3. The van der Waals surface area contributed by atoms with Gasteiger partial charge in [0, 0.05) is 6.07 Å². The molecule has 2 rings (SSSR count). The number of pyridine rings is 1. The van der Waals surface area contributed by atoms with Crippen molar-refractivity contribution in [3.63, 3.8) is 0 Å².